The number of hydrogen-bond acceptors (Lipinski definition) is 5. The Kier molecular flexibility index (Phi) is 5.08. The third kappa shape index (κ3) is 3.15. The molecule has 1 amide bonds. The van der Waals surface area contributed by atoms with Gasteiger partial charge in [0.1, 0.15) is 0 Å². The summed E-state index contributed by atoms with van der Waals surface area (Å²) in [6.45, 7) is 8.87. The number of rotatable bonds is 5. The molecule has 3 atom stereocenters. The van der Waals surface area contributed by atoms with Crippen LogP contribution >= 0.6 is 11.8 Å². The number of nitrogens with zero attached hydrogens (tertiary/aromatic N) is 4. The second kappa shape index (κ2) is 7.69. The molecule has 2 aliphatic rings. The van der Waals surface area contributed by atoms with E-state index >= 15 is 0 Å². The van der Waals surface area contributed by atoms with Crippen molar-refractivity contribution < 1.29 is 4.79 Å². The topological polar surface area (TPSA) is 59.0 Å². The van der Waals surface area contributed by atoms with Gasteiger partial charge in [0.15, 0.2) is 0 Å². The maximum absolute atomic E-state index is 13.6. The van der Waals surface area contributed by atoms with Crippen LogP contribution in [-0.4, -0.2) is 26.3 Å². The zero-order valence-corrected chi connectivity index (χ0v) is 19.8. The standard InChI is InChI=1S/C26H28N4OS/c1-17(23(31)30(18-11-7-5-8-12-18)19-13-9-6-10-14-19)32-24-27-22-21(28-29-24)20-15-16-26(22,4)25(20,2)3/h5-14,17,20H,15-16H2,1-4H3/t17-,20-,26-/m1/s1. The van der Waals surface area contributed by atoms with Crippen molar-refractivity contribution in [3.63, 3.8) is 0 Å². The maximum atomic E-state index is 13.6. The summed E-state index contributed by atoms with van der Waals surface area (Å²) in [4.78, 5) is 20.3. The van der Waals surface area contributed by atoms with Crippen molar-refractivity contribution in [2.75, 3.05) is 4.90 Å². The van der Waals surface area contributed by atoms with E-state index in [4.69, 9.17) is 4.98 Å². The zero-order valence-electron chi connectivity index (χ0n) is 18.9. The van der Waals surface area contributed by atoms with Crippen LogP contribution in [0.25, 0.3) is 0 Å². The molecule has 0 saturated heterocycles. The summed E-state index contributed by atoms with van der Waals surface area (Å²) in [6, 6.07) is 19.5. The zero-order chi connectivity index (χ0) is 22.5. The molecule has 0 aliphatic heterocycles. The van der Waals surface area contributed by atoms with Crippen molar-refractivity contribution in [1.29, 1.82) is 0 Å². The minimum Gasteiger partial charge on any atom is -0.280 e. The Morgan fingerprint density at radius 3 is 2.19 bits per heavy atom. The van der Waals surface area contributed by atoms with Crippen LogP contribution in [0, 0.1) is 5.41 Å². The minimum absolute atomic E-state index is 0.00967. The molecule has 32 heavy (non-hydrogen) atoms. The first-order valence-electron chi connectivity index (χ1n) is 11.2. The fraction of sp³-hybridized carbons (Fsp3) is 0.385. The van der Waals surface area contributed by atoms with Gasteiger partial charge in [0.05, 0.1) is 16.6 Å². The van der Waals surface area contributed by atoms with Gasteiger partial charge in [-0.05, 0) is 49.4 Å². The second-order valence-electron chi connectivity index (χ2n) is 9.58. The average Bonchev–Trinajstić information content (AvgIpc) is 3.13. The van der Waals surface area contributed by atoms with Gasteiger partial charge in [-0.2, -0.15) is 5.10 Å². The number of benzene rings is 2. The van der Waals surface area contributed by atoms with Gasteiger partial charge in [-0.3, -0.25) is 9.69 Å². The lowest BCUT2D eigenvalue weighted by molar-refractivity contribution is -0.117. The molecule has 6 heteroatoms. The fourth-order valence-corrected chi connectivity index (χ4v) is 6.12. The molecular formula is C26H28N4OS. The number of anilines is 2. The van der Waals surface area contributed by atoms with Crippen molar-refractivity contribution in [3.05, 3.63) is 72.1 Å². The first-order valence-corrected chi connectivity index (χ1v) is 12.1. The first kappa shape index (κ1) is 21.1. The number of amides is 1. The molecule has 0 unspecified atom stereocenters. The van der Waals surface area contributed by atoms with Crippen LogP contribution in [0.15, 0.2) is 65.8 Å². The minimum atomic E-state index is -0.366. The summed E-state index contributed by atoms with van der Waals surface area (Å²) in [5.74, 6) is 0.414. The lowest BCUT2D eigenvalue weighted by atomic mass is 9.70. The number of para-hydroxylation sites is 2. The van der Waals surface area contributed by atoms with Crippen LogP contribution in [0.5, 0.6) is 0 Å². The molecule has 0 radical (unpaired) electrons. The summed E-state index contributed by atoms with van der Waals surface area (Å²) in [7, 11) is 0. The smallest absolute Gasteiger partial charge is 0.244 e. The monoisotopic (exact) mass is 444 g/mol. The molecule has 1 heterocycles. The Bertz CT molecular complexity index is 1110. The number of hydrogen-bond donors (Lipinski definition) is 0. The van der Waals surface area contributed by atoms with E-state index in [1.165, 1.54) is 11.8 Å². The van der Waals surface area contributed by atoms with E-state index in [9.17, 15) is 4.79 Å². The Morgan fingerprint density at radius 1 is 1.00 bits per heavy atom. The van der Waals surface area contributed by atoms with Gasteiger partial charge in [-0.15, -0.1) is 5.10 Å². The molecule has 164 valence electrons. The van der Waals surface area contributed by atoms with E-state index in [1.807, 2.05) is 67.6 Å². The van der Waals surface area contributed by atoms with Crippen LogP contribution in [0.2, 0.25) is 0 Å². The quantitative estimate of drug-likeness (QED) is 0.459. The molecule has 2 aromatic carbocycles. The molecule has 0 N–H and O–H groups in total. The van der Waals surface area contributed by atoms with E-state index in [0.29, 0.717) is 11.1 Å². The van der Waals surface area contributed by atoms with Gasteiger partial charge in [0.25, 0.3) is 0 Å². The van der Waals surface area contributed by atoms with Gasteiger partial charge in [0, 0.05) is 22.7 Å². The number of carbonyl (C=O) groups excluding carboxylic acids is 1. The third-order valence-corrected chi connectivity index (χ3v) is 8.59. The van der Waals surface area contributed by atoms with Crippen LogP contribution in [0.3, 0.4) is 0 Å². The molecule has 1 fully saturated rings. The van der Waals surface area contributed by atoms with Gasteiger partial charge < -0.3 is 0 Å². The lowest BCUT2D eigenvalue weighted by Crippen LogP contribution is -2.33. The van der Waals surface area contributed by atoms with Gasteiger partial charge in [0.2, 0.25) is 11.1 Å². The maximum Gasteiger partial charge on any atom is 0.244 e. The molecular weight excluding hydrogens is 416 g/mol. The van der Waals surface area contributed by atoms with Crippen molar-refractivity contribution in [1.82, 2.24) is 15.2 Å². The van der Waals surface area contributed by atoms with Gasteiger partial charge in [-0.25, -0.2) is 4.98 Å². The Balaban J connectivity index is 1.43. The molecule has 1 aromatic heterocycles. The Hall–Kier alpha value is -2.73. The number of fused-ring (bicyclic) bond motifs is 5. The van der Waals surface area contributed by atoms with Crippen LogP contribution in [-0.2, 0) is 10.2 Å². The van der Waals surface area contributed by atoms with Crippen molar-refractivity contribution in [2.24, 2.45) is 5.41 Å². The molecule has 1 saturated carbocycles. The average molecular weight is 445 g/mol. The van der Waals surface area contributed by atoms with Crippen molar-refractivity contribution in [2.45, 2.75) is 62.3 Å². The van der Waals surface area contributed by atoms with E-state index in [-0.39, 0.29) is 22.0 Å². The molecule has 2 bridgehead atoms. The largest absolute Gasteiger partial charge is 0.280 e. The first-order chi connectivity index (χ1) is 15.3. The number of thioether (sulfide) groups is 1. The summed E-state index contributed by atoms with van der Waals surface area (Å²) in [5, 5.41) is 9.24. The summed E-state index contributed by atoms with van der Waals surface area (Å²) in [5.41, 5.74) is 3.98. The Morgan fingerprint density at radius 2 is 1.59 bits per heavy atom. The van der Waals surface area contributed by atoms with E-state index < -0.39 is 0 Å². The SMILES string of the molecule is C[C@@H](Sc1nnc2c(n1)[C@@]1(C)CC[C@H]2C1(C)C)C(=O)N(c1ccccc1)c1ccccc1. The van der Waals surface area contributed by atoms with Crippen LogP contribution < -0.4 is 4.90 Å². The number of aromatic nitrogens is 3. The van der Waals surface area contributed by atoms with E-state index in [0.717, 1.165) is 35.6 Å². The second-order valence-corrected chi connectivity index (χ2v) is 10.9. The van der Waals surface area contributed by atoms with Crippen LogP contribution in [0.1, 0.15) is 57.8 Å². The van der Waals surface area contributed by atoms with Crippen LogP contribution in [0.4, 0.5) is 11.4 Å². The highest BCUT2D eigenvalue weighted by Gasteiger charge is 2.61. The highest BCUT2D eigenvalue weighted by atomic mass is 32.2. The Labute approximate surface area is 193 Å². The highest BCUT2D eigenvalue weighted by Crippen LogP contribution is 2.66. The van der Waals surface area contributed by atoms with Crippen molar-refractivity contribution in [3.8, 4) is 0 Å². The molecule has 2 aliphatic carbocycles. The van der Waals surface area contributed by atoms with E-state index in [2.05, 4.69) is 31.0 Å². The highest BCUT2D eigenvalue weighted by molar-refractivity contribution is 8.00. The predicted octanol–water partition coefficient (Wildman–Crippen LogP) is 5.89. The number of carbonyl (C=O) groups is 1. The molecule has 5 rings (SSSR count). The normalized spacial score (nSPS) is 23.6. The van der Waals surface area contributed by atoms with E-state index in [1.54, 1.807) is 4.90 Å². The lowest BCUT2D eigenvalue weighted by Gasteiger charge is -2.34. The third-order valence-electron chi connectivity index (χ3n) is 7.65. The van der Waals surface area contributed by atoms with Crippen molar-refractivity contribution >= 4 is 29.0 Å². The summed E-state index contributed by atoms with van der Waals surface area (Å²) < 4.78 is 0. The van der Waals surface area contributed by atoms with Gasteiger partial charge >= 0.3 is 0 Å². The fourth-order valence-electron chi connectivity index (χ4n) is 5.36. The predicted molar refractivity (Wildman–Crippen MR) is 128 cm³/mol. The van der Waals surface area contributed by atoms with Gasteiger partial charge in [-0.1, -0.05) is 68.9 Å². The summed E-state index contributed by atoms with van der Waals surface area (Å²) >= 11 is 1.39. The molecule has 5 nitrogen and oxygen atoms in total. The summed E-state index contributed by atoms with van der Waals surface area (Å²) in [6.07, 6.45) is 2.28. The molecule has 0 spiro atoms. The molecule has 3 aromatic rings.